The lowest BCUT2D eigenvalue weighted by atomic mass is 10.2. The molecule has 0 amide bonds. The minimum absolute atomic E-state index is 0.00176. The molecular formula is C15H11ClN4O4S. The SMILES string of the molecule is COC(=O)c1sc2nc(Cl)nc(Nc3cccc([N+](=O)[O-])c3)c2c1C. The van der Waals surface area contributed by atoms with Crippen LogP contribution in [0.25, 0.3) is 10.2 Å². The third-order valence-electron chi connectivity index (χ3n) is 3.45. The number of nitrogens with one attached hydrogen (secondary N) is 1. The van der Waals surface area contributed by atoms with E-state index in [0.29, 0.717) is 32.2 Å². The third-order valence-corrected chi connectivity index (χ3v) is 4.79. The van der Waals surface area contributed by atoms with E-state index in [-0.39, 0.29) is 11.0 Å². The number of hydrogen-bond donors (Lipinski definition) is 1. The largest absolute Gasteiger partial charge is 0.465 e. The van der Waals surface area contributed by atoms with Gasteiger partial charge < -0.3 is 10.1 Å². The molecule has 128 valence electrons. The lowest BCUT2D eigenvalue weighted by Gasteiger charge is -2.08. The fourth-order valence-corrected chi connectivity index (χ4v) is 3.64. The van der Waals surface area contributed by atoms with Crippen molar-refractivity contribution in [2.45, 2.75) is 6.92 Å². The van der Waals surface area contributed by atoms with E-state index in [1.165, 1.54) is 19.2 Å². The van der Waals surface area contributed by atoms with Crippen molar-refractivity contribution in [2.24, 2.45) is 0 Å². The molecule has 0 fully saturated rings. The van der Waals surface area contributed by atoms with E-state index >= 15 is 0 Å². The molecule has 0 spiro atoms. The molecule has 1 aromatic carbocycles. The summed E-state index contributed by atoms with van der Waals surface area (Å²) in [7, 11) is 1.30. The van der Waals surface area contributed by atoms with Crippen LogP contribution in [0.3, 0.4) is 0 Å². The Bertz CT molecular complexity index is 1000. The average Bonchev–Trinajstić information content (AvgIpc) is 2.91. The maximum atomic E-state index is 11.9. The summed E-state index contributed by atoms with van der Waals surface area (Å²) < 4.78 is 4.77. The highest BCUT2D eigenvalue weighted by molar-refractivity contribution is 7.20. The van der Waals surface area contributed by atoms with Crippen LogP contribution in [0.1, 0.15) is 15.2 Å². The van der Waals surface area contributed by atoms with Crippen LogP contribution in [-0.2, 0) is 4.74 Å². The first-order valence-electron chi connectivity index (χ1n) is 6.97. The second kappa shape index (κ2) is 6.61. The van der Waals surface area contributed by atoms with Crippen LogP contribution in [0.4, 0.5) is 17.2 Å². The van der Waals surface area contributed by atoms with Gasteiger partial charge in [-0.3, -0.25) is 10.1 Å². The summed E-state index contributed by atoms with van der Waals surface area (Å²) in [6.07, 6.45) is 0. The van der Waals surface area contributed by atoms with Crippen molar-refractivity contribution in [1.29, 1.82) is 0 Å². The molecule has 0 atom stereocenters. The third kappa shape index (κ3) is 3.24. The Morgan fingerprint density at radius 1 is 1.40 bits per heavy atom. The minimum Gasteiger partial charge on any atom is -0.465 e. The molecule has 0 saturated heterocycles. The zero-order valence-corrected chi connectivity index (χ0v) is 14.6. The zero-order valence-electron chi connectivity index (χ0n) is 13.1. The second-order valence-electron chi connectivity index (χ2n) is 5.00. The molecule has 2 aromatic heterocycles. The number of aryl methyl sites for hydroxylation is 1. The topological polar surface area (TPSA) is 107 Å². The molecule has 8 nitrogen and oxygen atoms in total. The minimum atomic E-state index is -0.487. The average molecular weight is 379 g/mol. The fourth-order valence-electron chi connectivity index (χ4n) is 2.32. The summed E-state index contributed by atoms with van der Waals surface area (Å²) in [6.45, 7) is 1.75. The highest BCUT2D eigenvalue weighted by Crippen LogP contribution is 2.36. The van der Waals surface area contributed by atoms with Gasteiger partial charge in [0.2, 0.25) is 5.28 Å². The molecule has 0 aliphatic rings. The lowest BCUT2D eigenvalue weighted by Crippen LogP contribution is -2.00. The van der Waals surface area contributed by atoms with E-state index < -0.39 is 10.9 Å². The summed E-state index contributed by atoms with van der Waals surface area (Å²) in [5.74, 6) is -0.114. The number of rotatable bonds is 4. The summed E-state index contributed by atoms with van der Waals surface area (Å²) in [5, 5.41) is 14.5. The standard InChI is InChI=1S/C15H11ClN4O4S/c1-7-10-12(17-8-4-3-5-9(6-8)20(22)23)18-15(16)19-13(10)25-11(7)14(21)24-2/h3-6H,1-2H3,(H,17,18,19). The van der Waals surface area contributed by atoms with Gasteiger partial charge in [0.25, 0.3) is 5.69 Å². The van der Waals surface area contributed by atoms with Crippen molar-refractivity contribution in [3.8, 4) is 0 Å². The highest BCUT2D eigenvalue weighted by atomic mass is 35.5. The second-order valence-corrected chi connectivity index (χ2v) is 6.34. The molecule has 0 radical (unpaired) electrons. The van der Waals surface area contributed by atoms with Gasteiger partial charge in [-0.1, -0.05) is 6.07 Å². The van der Waals surface area contributed by atoms with Crippen molar-refractivity contribution >= 4 is 56.3 Å². The van der Waals surface area contributed by atoms with Gasteiger partial charge in [0.1, 0.15) is 15.5 Å². The fraction of sp³-hybridized carbons (Fsp3) is 0.133. The van der Waals surface area contributed by atoms with Gasteiger partial charge in [0.05, 0.1) is 17.4 Å². The van der Waals surface area contributed by atoms with Crippen molar-refractivity contribution in [1.82, 2.24) is 9.97 Å². The van der Waals surface area contributed by atoms with E-state index in [1.54, 1.807) is 19.1 Å². The van der Waals surface area contributed by atoms with Crippen molar-refractivity contribution in [2.75, 3.05) is 12.4 Å². The van der Waals surface area contributed by atoms with Gasteiger partial charge in [-0.05, 0) is 30.2 Å². The number of carbonyl (C=O) groups is 1. The molecule has 0 saturated carbocycles. The van der Waals surface area contributed by atoms with Crippen LogP contribution in [0.5, 0.6) is 0 Å². The Balaban J connectivity index is 2.12. The molecule has 10 heteroatoms. The molecule has 0 bridgehead atoms. The van der Waals surface area contributed by atoms with Gasteiger partial charge in [0.15, 0.2) is 0 Å². The number of methoxy groups -OCH3 is 1. The highest BCUT2D eigenvalue weighted by Gasteiger charge is 2.21. The van der Waals surface area contributed by atoms with Crippen molar-refractivity contribution < 1.29 is 14.5 Å². The van der Waals surface area contributed by atoms with E-state index in [2.05, 4.69) is 15.3 Å². The number of hydrogen-bond acceptors (Lipinski definition) is 8. The number of nitro groups is 1. The van der Waals surface area contributed by atoms with Crippen LogP contribution in [0.15, 0.2) is 24.3 Å². The van der Waals surface area contributed by atoms with Crippen LogP contribution < -0.4 is 5.32 Å². The first kappa shape index (κ1) is 17.1. The van der Waals surface area contributed by atoms with Gasteiger partial charge >= 0.3 is 5.97 Å². The molecule has 0 aliphatic heterocycles. The maximum Gasteiger partial charge on any atom is 0.348 e. The Morgan fingerprint density at radius 3 is 2.84 bits per heavy atom. The molecule has 2 heterocycles. The van der Waals surface area contributed by atoms with Gasteiger partial charge in [-0.15, -0.1) is 11.3 Å². The van der Waals surface area contributed by atoms with Gasteiger partial charge in [0, 0.05) is 17.8 Å². The first-order valence-corrected chi connectivity index (χ1v) is 8.16. The number of aromatic nitrogens is 2. The Labute approximate surface area is 150 Å². The predicted octanol–water partition coefficient (Wildman–Crippen LogP) is 4.09. The number of benzene rings is 1. The number of esters is 1. The number of nitro benzene ring substituents is 1. The first-order chi connectivity index (χ1) is 11.9. The van der Waals surface area contributed by atoms with Crippen LogP contribution >= 0.6 is 22.9 Å². The Hall–Kier alpha value is -2.78. The molecule has 3 aromatic rings. The molecule has 0 aliphatic carbocycles. The number of fused-ring (bicyclic) bond motifs is 1. The lowest BCUT2D eigenvalue weighted by molar-refractivity contribution is -0.384. The number of nitrogens with zero attached hydrogens (tertiary/aromatic N) is 3. The number of halogens is 1. The molecular weight excluding hydrogens is 368 g/mol. The van der Waals surface area contributed by atoms with Crippen molar-refractivity contribution in [3.63, 3.8) is 0 Å². The Kier molecular flexibility index (Phi) is 4.51. The van der Waals surface area contributed by atoms with Crippen molar-refractivity contribution in [3.05, 3.63) is 50.1 Å². The predicted molar refractivity (Wildman–Crippen MR) is 94.9 cm³/mol. The number of anilines is 2. The van der Waals surface area contributed by atoms with E-state index in [0.717, 1.165) is 11.3 Å². The van der Waals surface area contributed by atoms with E-state index in [9.17, 15) is 14.9 Å². The summed E-state index contributed by atoms with van der Waals surface area (Å²) in [5.41, 5.74) is 1.06. The van der Waals surface area contributed by atoms with E-state index in [4.69, 9.17) is 16.3 Å². The summed E-state index contributed by atoms with van der Waals surface area (Å²) in [6, 6.07) is 5.99. The van der Waals surface area contributed by atoms with Gasteiger partial charge in [-0.25, -0.2) is 9.78 Å². The summed E-state index contributed by atoms with van der Waals surface area (Å²) in [4.78, 5) is 31.5. The number of thiophene rings is 1. The number of ether oxygens (including phenoxy) is 1. The Morgan fingerprint density at radius 2 is 2.16 bits per heavy atom. The number of non-ortho nitro benzene ring substituents is 1. The number of carbonyl (C=O) groups excluding carboxylic acids is 1. The van der Waals surface area contributed by atoms with Crippen LogP contribution in [0.2, 0.25) is 5.28 Å². The van der Waals surface area contributed by atoms with E-state index in [1.807, 2.05) is 0 Å². The van der Waals surface area contributed by atoms with Gasteiger partial charge in [-0.2, -0.15) is 4.98 Å². The maximum absolute atomic E-state index is 11.9. The van der Waals surface area contributed by atoms with Crippen LogP contribution in [-0.4, -0.2) is 28.0 Å². The monoisotopic (exact) mass is 378 g/mol. The summed E-state index contributed by atoms with van der Waals surface area (Å²) >= 11 is 7.11. The molecule has 25 heavy (non-hydrogen) atoms. The molecule has 3 rings (SSSR count). The molecule has 1 N–H and O–H groups in total. The smallest absolute Gasteiger partial charge is 0.348 e. The quantitative estimate of drug-likeness (QED) is 0.315. The zero-order chi connectivity index (χ0) is 18.1. The van der Waals surface area contributed by atoms with Crippen LogP contribution in [0, 0.1) is 17.0 Å². The normalized spacial score (nSPS) is 10.7. The molecule has 0 unspecified atom stereocenters.